The summed E-state index contributed by atoms with van der Waals surface area (Å²) in [5, 5.41) is 15.4. The molecular weight excluding hydrogens is 468 g/mol. The van der Waals surface area contributed by atoms with Gasteiger partial charge in [0.1, 0.15) is 12.1 Å². The van der Waals surface area contributed by atoms with Crippen LogP contribution in [0.3, 0.4) is 0 Å². The maximum Gasteiger partial charge on any atom is 0.418 e. The second kappa shape index (κ2) is 9.71. The first-order valence-electron chi connectivity index (χ1n) is 10.1. The van der Waals surface area contributed by atoms with E-state index in [0.717, 1.165) is 24.3 Å². The molecule has 0 unspecified atom stereocenters. The molecule has 0 fully saturated rings. The van der Waals surface area contributed by atoms with Crippen molar-refractivity contribution in [1.82, 2.24) is 20.2 Å². The largest absolute Gasteiger partial charge is 0.418 e. The van der Waals surface area contributed by atoms with Crippen molar-refractivity contribution >= 4 is 23.2 Å². The van der Waals surface area contributed by atoms with E-state index in [2.05, 4.69) is 26.2 Å². The van der Waals surface area contributed by atoms with Gasteiger partial charge in [-0.15, -0.1) is 5.10 Å². The first kappa shape index (κ1) is 23.5. The van der Waals surface area contributed by atoms with Crippen LogP contribution in [0.5, 0.6) is 0 Å². The Balaban J connectivity index is 1.47. The minimum Gasteiger partial charge on any atom is -0.325 e. The summed E-state index contributed by atoms with van der Waals surface area (Å²) in [5.74, 6) is -1.92. The first-order chi connectivity index (χ1) is 16.7. The molecule has 0 bridgehead atoms. The predicted octanol–water partition coefficient (Wildman–Crippen LogP) is 4.25. The molecule has 3 aromatic carbocycles. The summed E-state index contributed by atoms with van der Waals surface area (Å²) in [6, 6.07) is 14.1. The fourth-order valence-corrected chi connectivity index (χ4v) is 3.20. The van der Waals surface area contributed by atoms with E-state index in [0.29, 0.717) is 11.3 Å². The first-order valence-corrected chi connectivity index (χ1v) is 10.1. The van der Waals surface area contributed by atoms with Crippen LogP contribution in [-0.2, 0) is 17.4 Å². The molecule has 1 aromatic heterocycles. The lowest BCUT2D eigenvalue weighted by atomic mass is 10.1. The number of halogens is 4. The number of carbonyl (C=O) groups excluding carboxylic acids is 2. The predicted molar refractivity (Wildman–Crippen MR) is 117 cm³/mol. The molecule has 0 saturated carbocycles. The Labute approximate surface area is 195 Å². The molecule has 12 heteroatoms. The van der Waals surface area contributed by atoms with Gasteiger partial charge >= 0.3 is 6.18 Å². The van der Waals surface area contributed by atoms with Crippen molar-refractivity contribution in [3.63, 3.8) is 0 Å². The van der Waals surface area contributed by atoms with Gasteiger partial charge in [-0.3, -0.25) is 9.59 Å². The molecule has 1 heterocycles. The van der Waals surface area contributed by atoms with E-state index in [-0.39, 0.29) is 17.7 Å². The molecule has 0 spiro atoms. The topological polar surface area (TPSA) is 102 Å². The molecule has 4 rings (SSSR count). The smallest absolute Gasteiger partial charge is 0.325 e. The van der Waals surface area contributed by atoms with Gasteiger partial charge < -0.3 is 10.6 Å². The van der Waals surface area contributed by atoms with Gasteiger partial charge in [0.2, 0.25) is 5.91 Å². The van der Waals surface area contributed by atoms with E-state index in [1.165, 1.54) is 29.2 Å². The zero-order chi connectivity index (χ0) is 25.0. The normalized spacial score (nSPS) is 11.2. The second-order valence-electron chi connectivity index (χ2n) is 7.36. The van der Waals surface area contributed by atoms with Crippen LogP contribution in [0.2, 0.25) is 0 Å². The fourth-order valence-electron chi connectivity index (χ4n) is 3.20. The molecule has 0 atom stereocenters. The van der Waals surface area contributed by atoms with Crippen molar-refractivity contribution in [3.05, 3.63) is 95.6 Å². The van der Waals surface area contributed by atoms with E-state index < -0.39 is 35.1 Å². The monoisotopic (exact) mass is 484 g/mol. The van der Waals surface area contributed by atoms with Crippen molar-refractivity contribution in [2.75, 3.05) is 10.6 Å². The van der Waals surface area contributed by atoms with Gasteiger partial charge in [-0.2, -0.15) is 13.2 Å². The molecule has 4 aromatic rings. The molecule has 178 valence electrons. The van der Waals surface area contributed by atoms with E-state index in [1.807, 2.05) is 0 Å². The zero-order valence-electron chi connectivity index (χ0n) is 17.8. The Morgan fingerprint density at radius 2 is 1.63 bits per heavy atom. The summed E-state index contributed by atoms with van der Waals surface area (Å²) in [6.07, 6.45) is -3.57. The van der Waals surface area contributed by atoms with Crippen molar-refractivity contribution in [2.24, 2.45) is 0 Å². The third-order valence-corrected chi connectivity index (χ3v) is 4.88. The van der Waals surface area contributed by atoms with Gasteiger partial charge in [0, 0.05) is 11.3 Å². The fraction of sp³-hybridized carbons (Fsp3) is 0.0870. The number of anilines is 2. The highest BCUT2D eigenvalue weighted by molar-refractivity contribution is 6.04. The molecule has 0 aliphatic rings. The van der Waals surface area contributed by atoms with E-state index >= 15 is 0 Å². The van der Waals surface area contributed by atoms with Gasteiger partial charge in [0.15, 0.2) is 0 Å². The van der Waals surface area contributed by atoms with Gasteiger partial charge in [0.05, 0.1) is 23.4 Å². The summed E-state index contributed by atoms with van der Waals surface area (Å²) in [7, 11) is 0. The minimum atomic E-state index is -4.80. The zero-order valence-corrected chi connectivity index (χ0v) is 17.8. The number of carbonyl (C=O) groups is 2. The minimum absolute atomic E-state index is 0.0726. The third-order valence-electron chi connectivity index (χ3n) is 4.88. The summed E-state index contributed by atoms with van der Waals surface area (Å²) in [6.45, 7) is 0. The molecule has 2 amide bonds. The molecule has 0 aliphatic carbocycles. The lowest BCUT2D eigenvalue weighted by Gasteiger charge is -2.16. The summed E-state index contributed by atoms with van der Waals surface area (Å²) < 4.78 is 55.4. The highest BCUT2D eigenvalue weighted by Crippen LogP contribution is 2.36. The number of alkyl halides is 3. The van der Waals surface area contributed by atoms with E-state index in [4.69, 9.17) is 0 Å². The van der Waals surface area contributed by atoms with Gasteiger partial charge in [-0.05, 0) is 70.6 Å². The summed E-state index contributed by atoms with van der Waals surface area (Å²) >= 11 is 0. The molecule has 0 radical (unpaired) electrons. The summed E-state index contributed by atoms with van der Waals surface area (Å²) in [5.41, 5.74) is -0.427. The number of hydrogen-bond acceptors (Lipinski definition) is 5. The van der Waals surface area contributed by atoms with Crippen LogP contribution in [-0.4, -0.2) is 32.0 Å². The van der Waals surface area contributed by atoms with Crippen LogP contribution in [0.15, 0.2) is 73.1 Å². The van der Waals surface area contributed by atoms with Crippen molar-refractivity contribution < 1.29 is 27.2 Å². The van der Waals surface area contributed by atoms with Crippen molar-refractivity contribution in [2.45, 2.75) is 12.6 Å². The van der Waals surface area contributed by atoms with Crippen molar-refractivity contribution in [1.29, 1.82) is 0 Å². The Morgan fingerprint density at radius 3 is 2.26 bits per heavy atom. The average molecular weight is 484 g/mol. The van der Waals surface area contributed by atoms with Crippen LogP contribution in [0, 0.1) is 5.82 Å². The van der Waals surface area contributed by atoms with Crippen LogP contribution >= 0.6 is 0 Å². The number of rotatable bonds is 6. The Kier molecular flexibility index (Phi) is 6.53. The molecule has 35 heavy (non-hydrogen) atoms. The second-order valence-corrected chi connectivity index (χ2v) is 7.36. The molecular formula is C23H16F4N6O2. The number of tetrazole rings is 1. The number of benzene rings is 3. The lowest BCUT2D eigenvalue weighted by molar-refractivity contribution is -0.136. The standard InChI is InChI=1S/C23H16F4N6O2/c24-16-5-3-15(4-6-16)22(35)29-17-7-10-20(19(12-17)23(25,26)27)30-21(34)11-14-1-8-18(9-2-14)33-13-28-31-32-33/h1-10,12-13H,11H2,(H,29,35)(H,30,34). The maximum absolute atomic E-state index is 13.7. The molecule has 2 N–H and O–H groups in total. The third kappa shape index (κ3) is 5.85. The highest BCUT2D eigenvalue weighted by Gasteiger charge is 2.34. The number of nitrogens with zero attached hydrogens (tertiary/aromatic N) is 4. The SMILES string of the molecule is O=C(Cc1ccc(-n2cnnn2)cc1)Nc1ccc(NC(=O)c2ccc(F)cc2)cc1C(F)(F)F. The quantitative estimate of drug-likeness (QED) is 0.399. The van der Waals surface area contributed by atoms with Gasteiger partial charge in [-0.25, -0.2) is 9.07 Å². The van der Waals surface area contributed by atoms with E-state index in [1.54, 1.807) is 24.3 Å². The average Bonchev–Trinajstić information content (AvgIpc) is 3.35. The van der Waals surface area contributed by atoms with Crippen molar-refractivity contribution in [3.8, 4) is 5.69 Å². The van der Waals surface area contributed by atoms with Crippen LogP contribution in [0.1, 0.15) is 21.5 Å². The number of hydrogen-bond donors (Lipinski definition) is 2. The summed E-state index contributed by atoms with van der Waals surface area (Å²) in [4.78, 5) is 24.7. The molecule has 0 saturated heterocycles. The Hall–Kier alpha value is -4.61. The van der Waals surface area contributed by atoms with Gasteiger partial charge in [0.25, 0.3) is 5.91 Å². The lowest BCUT2D eigenvalue weighted by Crippen LogP contribution is -2.19. The Morgan fingerprint density at radius 1 is 0.914 bits per heavy atom. The van der Waals surface area contributed by atoms with E-state index in [9.17, 15) is 27.2 Å². The molecule has 8 nitrogen and oxygen atoms in total. The maximum atomic E-state index is 13.7. The number of nitrogens with one attached hydrogen (secondary N) is 2. The van der Waals surface area contributed by atoms with Crippen LogP contribution < -0.4 is 10.6 Å². The van der Waals surface area contributed by atoms with Crippen LogP contribution in [0.25, 0.3) is 5.69 Å². The number of aromatic nitrogens is 4. The van der Waals surface area contributed by atoms with Crippen LogP contribution in [0.4, 0.5) is 28.9 Å². The Bertz CT molecular complexity index is 1340. The number of amides is 2. The molecule has 0 aliphatic heterocycles. The van der Waals surface area contributed by atoms with Gasteiger partial charge in [-0.1, -0.05) is 12.1 Å². The highest BCUT2D eigenvalue weighted by atomic mass is 19.4.